The monoisotopic (exact) mass is 185 g/mol. The first-order chi connectivity index (χ1) is 6.86. The Morgan fingerprint density at radius 2 is 2.14 bits per heavy atom. The van der Waals surface area contributed by atoms with Gasteiger partial charge in [-0.15, -0.1) is 0 Å². The number of hydrogen-bond acceptors (Lipinski definition) is 2. The van der Waals surface area contributed by atoms with Crippen molar-refractivity contribution in [2.24, 2.45) is 0 Å². The van der Waals surface area contributed by atoms with E-state index in [1.165, 1.54) is 11.3 Å². The lowest BCUT2D eigenvalue weighted by molar-refractivity contribution is 0.676. The minimum atomic E-state index is 0.881. The highest BCUT2D eigenvalue weighted by molar-refractivity contribution is 5.76. The minimum absolute atomic E-state index is 0.881. The Labute approximate surface area is 82.6 Å². The number of hydrogen-bond donors (Lipinski definition) is 0. The predicted octanol–water partition coefficient (Wildman–Crippen LogP) is 1.96. The van der Waals surface area contributed by atoms with Crippen LogP contribution < -0.4 is 4.90 Å². The van der Waals surface area contributed by atoms with Gasteiger partial charge in [-0.05, 0) is 12.1 Å². The van der Waals surface area contributed by atoms with Crippen LogP contribution in [0.25, 0.3) is 11.4 Å². The SMILES string of the molecule is CN1Cn2ccnc2-c2ccccc21. The molecule has 0 atom stereocenters. The van der Waals surface area contributed by atoms with Crippen molar-refractivity contribution >= 4 is 5.69 Å². The topological polar surface area (TPSA) is 21.1 Å². The van der Waals surface area contributed by atoms with Crippen LogP contribution in [0.3, 0.4) is 0 Å². The zero-order valence-electron chi connectivity index (χ0n) is 8.01. The predicted molar refractivity (Wildman–Crippen MR) is 56.1 cm³/mol. The largest absolute Gasteiger partial charge is 0.356 e. The Hall–Kier alpha value is -1.77. The fraction of sp³-hybridized carbons (Fsp3) is 0.182. The summed E-state index contributed by atoms with van der Waals surface area (Å²) in [4.78, 5) is 6.60. The molecule has 0 unspecified atom stereocenters. The standard InChI is InChI=1S/C11H11N3/c1-13-8-14-7-6-12-11(14)9-4-2-3-5-10(9)13/h2-7H,8H2,1H3. The molecule has 1 aliphatic heterocycles. The number of rotatable bonds is 0. The highest BCUT2D eigenvalue weighted by Crippen LogP contribution is 2.32. The molecule has 2 aromatic rings. The number of anilines is 1. The first kappa shape index (κ1) is 7.62. The number of benzene rings is 1. The van der Waals surface area contributed by atoms with Gasteiger partial charge >= 0.3 is 0 Å². The van der Waals surface area contributed by atoms with Crippen LogP contribution >= 0.6 is 0 Å². The zero-order valence-corrected chi connectivity index (χ0v) is 8.01. The molecule has 3 nitrogen and oxygen atoms in total. The maximum atomic E-state index is 4.37. The van der Waals surface area contributed by atoms with Gasteiger partial charge in [0.2, 0.25) is 0 Å². The molecule has 70 valence electrons. The maximum absolute atomic E-state index is 4.37. The van der Waals surface area contributed by atoms with Crippen LogP contribution in [0, 0.1) is 0 Å². The number of para-hydroxylation sites is 1. The molecule has 1 aliphatic rings. The van der Waals surface area contributed by atoms with Gasteiger partial charge in [-0.25, -0.2) is 4.98 Å². The summed E-state index contributed by atoms with van der Waals surface area (Å²) in [5, 5.41) is 0. The van der Waals surface area contributed by atoms with Crippen LogP contribution in [0.15, 0.2) is 36.7 Å². The van der Waals surface area contributed by atoms with Crippen LogP contribution in [-0.2, 0) is 6.67 Å². The first-order valence-electron chi connectivity index (χ1n) is 4.68. The number of imidazole rings is 1. The number of aromatic nitrogens is 2. The molecule has 0 saturated carbocycles. The third kappa shape index (κ3) is 0.894. The van der Waals surface area contributed by atoms with Crippen LogP contribution in [0.5, 0.6) is 0 Å². The molecule has 0 radical (unpaired) electrons. The minimum Gasteiger partial charge on any atom is -0.356 e. The van der Waals surface area contributed by atoms with E-state index < -0.39 is 0 Å². The van der Waals surface area contributed by atoms with E-state index in [4.69, 9.17) is 0 Å². The van der Waals surface area contributed by atoms with Gasteiger partial charge in [0.1, 0.15) is 5.82 Å². The van der Waals surface area contributed by atoms with E-state index in [9.17, 15) is 0 Å². The Morgan fingerprint density at radius 1 is 1.29 bits per heavy atom. The van der Waals surface area contributed by atoms with E-state index in [2.05, 4.69) is 45.8 Å². The van der Waals surface area contributed by atoms with E-state index in [0.717, 1.165) is 12.5 Å². The third-order valence-electron chi connectivity index (χ3n) is 2.64. The average Bonchev–Trinajstić information content (AvgIpc) is 2.66. The van der Waals surface area contributed by atoms with Gasteiger partial charge in [-0.2, -0.15) is 0 Å². The maximum Gasteiger partial charge on any atom is 0.143 e. The van der Waals surface area contributed by atoms with Crippen LogP contribution in [0.1, 0.15) is 0 Å². The molecule has 0 amide bonds. The fourth-order valence-corrected chi connectivity index (χ4v) is 1.97. The quantitative estimate of drug-likeness (QED) is 0.625. The van der Waals surface area contributed by atoms with Gasteiger partial charge in [0, 0.05) is 30.7 Å². The van der Waals surface area contributed by atoms with Gasteiger partial charge in [-0.1, -0.05) is 12.1 Å². The van der Waals surface area contributed by atoms with Crippen molar-refractivity contribution in [1.29, 1.82) is 0 Å². The molecule has 0 fully saturated rings. The zero-order chi connectivity index (χ0) is 9.54. The number of fused-ring (bicyclic) bond motifs is 3. The third-order valence-corrected chi connectivity index (χ3v) is 2.64. The molecule has 2 heterocycles. The fourth-order valence-electron chi connectivity index (χ4n) is 1.97. The highest BCUT2D eigenvalue weighted by atomic mass is 15.3. The summed E-state index contributed by atoms with van der Waals surface area (Å²) in [5.74, 6) is 1.07. The van der Waals surface area contributed by atoms with E-state index in [0.29, 0.717) is 0 Å². The molecule has 0 bridgehead atoms. The highest BCUT2D eigenvalue weighted by Gasteiger charge is 2.18. The Bertz CT molecular complexity index is 473. The molecule has 0 N–H and O–H groups in total. The first-order valence-corrected chi connectivity index (χ1v) is 4.68. The van der Waals surface area contributed by atoms with Gasteiger partial charge in [0.05, 0.1) is 6.67 Å². The molecule has 0 spiro atoms. The lowest BCUT2D eigenvalue weighted by atomic mass is 10.1. The molecule has 1 aromatic carbocycles. The summed E-state index contributed by atoms with van der Waals surface area (Å²) in [6, 6.07) is 8.36. The Morgan fingerprint density at radius 3 is 3.07 bits per heavy atom. The van der Waals surface area contributed by atoms with Gasteiger partial charge < -0.3 is 9.47 Å². The summed E-state index contributed by atoms with van der Waals surface area (Å²) < 4.78 is 2.16. The van der Waals surface area contributed by atoms with E-state index in [1.54, 1.807) is 0 Å². The van der Waals surface area contributed by atoms with Crippen molar-refractivity contribution < 1.29 is 0 Å². The molecule has 3 heteroatoms. The van der Waals surface area contributed by atoms with Crippen LogP contribution in [-0.4, -0.2) is 16.6 Å². The molecule has 0 aliphatic carbocycles. The second kappa shape index (κ2) is 2.61. The van der Waals surface area contributed by atoms with Crippen molar-refractivity contribution in [3.63, 3.8) is 0 Å². The van der Waals surface area contributed by atoms with Crippen molar-refractivity contribution in [1.82, 2.24) is 9.55 Å². The van der Waals surface area contributed by atoms with Gasteiger partial charge in [-0.3, -0.25) is 0 Å². The second-order valence-corrected chi connectivity index (χ2v) is 3.58. The molecule has 14 heavy (non-hydrogen) atoms. The molecule has 3 rings (SSSR count). The lowest BCUT2D eigenvalue weighted by Gasteiger charge is -2.28. The van der Waals surface area contributed by atoms with Crippen molar-refractivity contribution in [3.8, 4) is 11.4 Å². The smallest absolute Gasteiger partial charge is 0.143 e. The van der Waals surface area contributed by atoms with Crippen LogP contribution in [0.4, 0.5) is 5.69 Å². The second-order valence-electron chi connectivity index (χ2n) is 3.58. The molecular weight excluding hydrogens is 174 g/mol. The van der Waals surface area contributed by atoms with Crippen molar-refractivity contribution in [2.75, 3.05) is 11.9 Å². The van der Waals surface area contributed by atoms with Crippen molar-refractivity contribution in [2.45, 2.75) is 6.67 Å². The van der Waals surface area contributed by atoms with Crippen molar-refractivity contribution in [3.05, 3.63) is 36.7 Å². The summed E-state index contributed by atoms with van der Waals surface area (Å²) in [6.07, 6.45) is 3.87. The average molecular weight is 185 g/mol. The summed E-state index contributed by atoms with van der Waals surface area (Å²) >= 11 is 0. The van der Waals surface area contributed by atoms with Gasteiger partial charge in [0.25, 0.3) is 0 Å². The van der Waals surface area contributed by atoms with E-state index in [-0.39, 0.29) is 0 Å². The lowest BCUT2D eigenvalue weighted by Crippen LogP contribution is -2.25. The summed E-state index contributed by atoms with van der Waals surface area (Å²) in [6.45, 7) is 0.881. The van der Waals surface area contributed by atoms with E-state index >= 15 is 0 Å². The molecular formula is C11H11N3. The van der Waals surface area contributed by atoms with Gasteiger partial charge in [0.15, 0.2) is 0 Å². The Balaban J connectivity index is 2.30. The normalized spacial score (nSPS) is 13.6. The Kier molecular flexibility index (Phi) is 1.42. The van der Waals surface area contributed by atoms with E-state index in [1.807, 2.05) is 12.4 Å². The van der Waals surface area contributed by atoms with Crippen LogP contribution in [0.2, 0.25) is 0 Å². The molecule has 0 saturated heterocycles. The summed E-state index contributed by atoms with van der Waals surface area (Å²) in [7, 11) is 2.10. The number of nitrogens with zero attached hydrogens (tertiary/aromatic N) is 3. The summed E-state index contributed by atoms with van der Waals surface area (Å²) in [5.41, 5.74) is 2.47. The molecule has 1 aromatic heterocycles.